The van der Waals surface area contributed by atoms with Crippen LogP contribution in [0.15, 0.2) is 12.1 Å². The van der Waals surface area contributed by atoms with E-state index in [2.05, 4.69) is 10.6 Å². The summed E-state index contributed by atoms with van der Waals surface area (Å²) >= 11 is 8.64. The SMILES string of the molecule is O=C(COC(=O)CSCc1ccc(Cl)s1)NC(=O)NC1CC1. The molecule has 1 aliphatic carbocycles. The molecule has 6 nitrogen and oxygen atoms in total. The first-order valence-electron chi connectivity index (χ1n) is 6.61. The molecule has 0 saturated heterocycles. The number of amides is 3. The predicted octanol–water partition coefficient (Wildman–Crippen LogP) is 2.17. The van der Waals surface area contributed by atoms with Crippen molar-refractivity contribution in [2.45, 2.75) is 24.6 Å². The number of carbonyl (C=O) groups excluding carboxylic acids is 3. The van der Waals surface area contributed by atoms with Gasteiger partial charge in [0.2, 0.25) is 0 Å². The molecular weight excluding hydrogens is 348 g/mol. The molecule has 0 aliphatic heterocycles. The highest BCUT2D eigenvalue weighted by Crippen LogP contribution is 2.25. The van der Waals surface area contributed by atoms with Crippen LogP contribution >= 0.6 is 34.7 Å². The zero-order valence-electron chi connectivity index (χ0n) is 11.6. The number of esters is 1. The molecule has 1 aliphatic rings. The Morgan fingerprint density at radius 1 is 1.36 bits per heavy atom. The molecule has 2 N–H and O–H groups in total. The lowest BCUT2D eigenvalue weighted by Gasteiger charge is -2.06. The number of thiophene rings is 1. The largest absolute Gasteiger partial charge is 0.455 e. The molecule has 0 unspecified atom stereocenters. The highest BCUT2D eigenvalue weighted by Gasteiger charge is 2.24. The molecule has 0 radical (unpaired) electrons. The van der Waals surface area contributed by atoms with Crippen molar-refractivity contribution in [2.75, 3.05) is 12.4 Å². The van der Waals surface area contributed by atoms with Gasteiger partial charge in [-0.1, -0.05) is 11.6 Å². The average Bonchev–Trinajstić information content (AvgIpc) is 3.17. The second-order valence-electron chi connectivity index (χ2n) is 4.66. The smallest absolute Gasteiger partial charge is 0.321 e. The maximum absolute atomic E-state index is 11.5. The highest BCUT2D eigenvalue weighted by molar-refractivity contribution is 7.99. The minimum Gasteiger partial charge on any atom is -0.455 e. The summed E-state index contributed by atoms with van der Waals surface area (Å²) in [4.78, 5) is 35.2. The van der Waals surface area contributed by atoms with Gasteiger partial charge in [0.1, 0.15) is 0 Å². The third-order valence-electron chi connectivity index (χ3n) is 2.62. The van der Waals surface area contributed by atoms with Crippen molar-refractivity contribution in [1.29, 1.82) is 0 Å². The summed E-state index contributed by atoms with van der Waals surface area (Å²) in [5.74, 6) is -0.341. The molecule has 120 valence electrons. The molecule has 1 aromatic rings. The molecule has 1 fully saturated rings. The van der Waals surface area contributed by atoms with Crippen molar-refractivity contribution >= 4 is 52.6 Å². The molecule has 0 bridgehead atoms. The average molecular weight is 363 g/mol. The van der Waals surface area contributed by atoms with E-state index in [0.29, 0.717) is 10.1 Å². The Morgan fingerprint density at radius 2 is 2.14 bits per heavy atom. The molecule has 2 rings (SSSR count). The minimum atomic E-state index is -0.637. The van der Waals surface area contributed by atoms with Crippen molar-refractivity contribution in [2.24, 2.45) is 0 Å². The Morgan fingerprint density at radius 3 is 2.77 bits per heavy atom. The van der Waals surface area contributed by atoms with Gasteiger partial charge in [0.25, 0.3) is 5.91 Å². The van der Waals surface area contributed by atoms with E-state index in [1.54, 1.807) is 6.07 Å². The fraction of sp³-hybridized carbons (Fsp3) is 0.462. The normalized spacial score (nSPS) is 13.5. The Bertz CT molecular complexity index is 560. The van der Waals surface area contributed by atoms with Crippen molar-refractivity contribution < 1.29 is 19.1 Å². The van der Waals surface area contributed by atoms with Crippen LogP contribution in [0.5, 0.6) is 0 Å². The van der Waals surface area contributed by atoms with E-state index in [0.717, 1.165) is 17.7 Å². The molecular formula is C13H15ClN2O4S2. The Balaban J connectivity index is 1.54. The Kier molecular flexibility index (Phi) is 6.53. The number of rotatable bonds is 7. The maximum Gasteiger partial charge on any atom is 0.321 e. The zero-order chi connectivity index (χ0) is 15.9. The Labute approximate surface area is 140 Å². The standard InChI is InChI=1S/C13H15ClN2O4S2/c14-10-4-3-9(22-10)6-21-7-12(18)20-5-11(17)16-13(19)15-8-1-2-8/h3-4,8H,1-2,5-7H2,(H2,15,16,17,19). The van der Waals surface area contributed by atoms with Crippen molar-refractivity contribution in [3.63, 3.8) is 0 Å². The molecule has 9 heteroatoms. The number of imide groups is 1. The lowest BCUT2D eigenvalue weighted by atomic mass is 10.5. The lowest BCUT2D eigenvalue weighted by molar-refractivity contribution is -0.145. The summed E-state index contributed by atoms with van der Waals surface area (Å²) in [6, 6.07) is 3.32. The van der Waals surface area contributed by atoms with Crippen LogP contribution in [0.1, 0.15) is 17.7 Å². The molecule has 22 heavy (non-hydrogen) atoms. The molecule has 1 aromatic heterocycles. The van der Waals surface area contributed by atoms with E-state index >= 15 is 0 Å². The van der Waals surface area contributed by atoms with Gasteiger partial charge < -0.3 is 10.1 Å². The van der Waals surface area contributed by atoms with Crippen LogP contribution in [-0.2, 0) is 20.1 Å². The van der Waals surface area contributed by atoms with Gasteiger partial charge in [-0.05, 0) is 25.0 Å². The summed E-state index contributed by atoms with van der Waals surface area (Å²) in [5.41, 5.74) is 0. The van der Waals surface area contributed by atoms with Crippen LogP contribution in [0.2, 0.25) is 4.34 Å². The van der Waals surface area contributed by atoms with E-state index < -0.39 is 24.5 Å². The summed E-state index contributed by atoms with van der Waals surface area (Å²) < 4.78 is 5.50. The van der Waals surface area contributed by atoms with Crippen molar-refractivity contribution in [3.8, 4) is 0 Å². The fourth-order valence-corrected chi connectivity index (χ4v) is 3.48. The number of carbonyl (C=O) groups is 3. The van der Waals surface area contributed by atoms with Gasteiger partial charge in [0.15, 0.2) is 6.61 Å². The second kappa shape index (κ2) is 8.40. The number of thioether (sulfide) groups is 1. The number of halogens is 1. The quantitative estimate of drug-likeness (QED) is 0.726. The van der Waals surface area contributed by atoms with Crippen LogP contribution in [0.4, 0.5) is 4.79 Å². The van der Waals surface area contributed by atoms with Gasteiger partial charge in [-0.2, -0.15) is 0 Å². The molecule has 3 amide bonds. The van der Waals surface area contributed by atoms with Gasteiger partial charge in [-0.15, -0.1) is 23.1 Å². The number of nitrogens with one attached hydrogen (secondary N) is 2. The van der Waals surface area contributed by atoms with E-state index in [4.69, 9.17) is 16.3 Å². The summed E-state index contributed by atoms with van der Waals surface area (Å²) in [5, 5.41) is 4.71. The van der Waals surface area contributed by atoms with Crippen molar-refractivity contribution in [3.05, 3.63) is 21.3 Å². The predicted molar refractivity (Wildman–Crippen MR) is 86.1 cm³/mol. The highest BCUT2D eigenvalue weighted by atomic mass is 35.5. The first-order chi connectivity index (χ1) is 10.5. The topological polar surface area (TPSA) is 84.5 Å². The first-order valence-corrected chi connectivity index (χ1v) is 8.96. The molecule has 0 aromatic carbocycles. The molecule has 1 saturated carbocycles. The van der Waals surface area contributed by atoms with Gasteiger partial charge in [0.05, 0.1) is 10.1 Å². The van der Waals surface area contributed by atoms with E-state index in [-0.39, 0.29) is 11.8 Å². The van der Waals surface area contributed by atoms with Crippen molar-refractivity contribution in [1.82, 2.24) is 10.6 Å². The molecule has 1 heterocycles. The minimum absolute atomic E-state index is 0.136. The number of urea groups is 1. The van der Waals surface area contributed by atoms with Gasteiger partial charge in [0, 0.05) is 16.7 Å². The van der Waals surface area contributed by atoms with E-state index in [1.165, 1.54) is 23.1 Å². The van der Waals surface area contributed by atoms with Crippen LogP contribution in [0, 0.1) is 0 Å². The number of ether oxygens (including phenoxy) is 1. The van der Waals surface area contributed by atoms with Gasteiger partial charge in [-0.3, -0.25) is 14.9 Å². The zero-order valence-corrected chi connectivity index (χ0v) is 14.0. The van der Waals surface area contributed by atoms with E-state index in [9.17, 15) is 14.4 Å². The number of hydrogen-bond donors (Lipinski definition) is 2. The summed E-state index contributed by atoms with van der Waals surface area (Å²) in [6.07, 6.45) is 1.87. The number of hydrogen-bond acceptors (Lipinski definition) is 6. The van der Waals surface area contributed by atoms with Gasteiger partial charge >= 0.3 is 12.0 Å². The fourth-order valence-electron chi connectivity index (χ4n) is 1.46. The summed E-state index contributed by atoms with van der Waals surface area (Å²) in [7, 11) is 0. The van der Waals surface area contributed by atoms with Gasteiger partial charge in [-0.25, -0.2) is 4.79 Å². The van der Waals surface area contributed by atoms with Crippen LogP contribution in [0.3, 0.4) is 0 Å². The second-order valence-corrected chi connectivity index (χ2v) is 7.44. The first kappa shape index (κ1) is 17.1. The maximum atomic E-state index is 11.5. The van der Waals surface area contributed by atoms with Crippen LogP contribution < -0.4 is 10.6 Å². The van der Waals surface area contributed by atoms with E-state index in [1.807, 2.05) is 6.07 Å². The molecule has 0 spiro atoms. The van der Waals surface area contributed by atoms with Crippen LogP contribution in [-0.4, -0.2) is 36.3 Å². The third-order valence-corrected chi connectivity index (χ3v) is 4.99. The monoisotopic (exact) mass is 362 g/mol. The summed E-state index contributed by atoms with van der Waals surface area (Å²) in [6.45, 7) is -0.456. The Hall–Kier alpha value is -1.25. The van der Waals surface area contributed by atoms with Crippen LogP contribution in [0.25, 0.3) is 0 Å². The molecule has 0 atom stereocenters. The third kappa shape index (κ3) is 6.67. The lowest BCUT2D eigenvalue weighted by Crippen LogP contribution is -2.42.